The van der Waals surface area contributed by atoms with Crippen LogP contribution in [-0.4, -0.2) is 33.6 Å². The van der Waals surface area contributed by atoms with Gasteiger partial charge >= 0.3 is 0 Å². The lowest BCUT2D eigenvalue weighted by Gasteiger charge is -2.32. The van der Waals surface area contributed by atoms with Gasteiger partial charge in [0.15, 0.2) is 5.60 Å². The molecule has 0 amide bonds. The van der Waals surface area contributed by atoms with Crippen LogP contribution in [0.1, 0.15) is 36.3 Å². The Hall–Kier alpha value is -3.72. The maximum absolute atomic E-state index is 10.6. The molecule has 1 fully saturated rings. The first kappa shape index (κ1) is 20.5. The molecule has 0 spiro atoms. The van der Waals surface area contributed by atoms with E-state index in [2.05, 4.69) is 15.0 Å². The second-order valence-corrected chi connectivity index (χ2v) is 7.48. The van der Waals surface area contributed by atoms with Gasteiger partial charge in [-0.1, -0.05) is 12.1 Å². The summed E-state index contributed by atoms with van der Waals surface area (Å²) in [6.45, 7) is 0.180. The van der Waals surface area contributed by atoms with Gasteiger partial charge in [-0.2, -0.15) is 0 Å². The molecule has 0 atom stereocenters. The Balaban J connectivity index is 1.64. The lowest BCUT2D eigenvalue weighted by molar-refractivity contribution is -0.918. The monoisotopic (exact) mass is 421 g/mol. The second-order valence-electron chi connectivity index (χ2n) is 7.48. The number of ether oxygens (including phenoxy) is 1. The number of pyridine rings is 1. The van der Waals surface area contributed by atoms with Crippen molar-refractivity contribution in [3.63, 3.8) is 0 Å². The number of aliphatic imine (C=N–C) groups is 1. The Morgan fingerprint density at radius 1 is 1.26 bits per heavy atom. The molecule has 31 heavy (non-hydrogen) atoms. The minimum absolute atomic E-state index is 0.0920. The third kappa shape index (κ3) is 3.75. The summed E-state index contributed by atoms with van der Waals surface area (Å²) in [5.41, 5.74) is 13.5. The molecule has 160 valence electrons. The highest BCUT2D eigenvalue weighted by Gasteiger charge is 2.44. The lowest BCUT2D eigenvalue weighted by atomic mass is 9.77. The van der Waals surface area contributed by atoms with Gasteiger partial charge in [0.05, 0.1) is 12.8 Å². The van der Waals surface area contributed by atoms with Crippen molar-refractivity contribution in [2.24, 2.45) is 10.7 Å². The van der Waals surface area contributed by atoms with Gasteiger partial charge in [-0.15, -0.1) is 0 Å². The average Bonchev–Trinajstić information content (AvgIpc) is 2.75. The smallest absolute Gasteiger partial charge is 0.265 e. The van der Waals surface area contributed by atoms with Crippen LogP contribution < -0.4 is 20.9 Å². The minimum atomic E-state index is -0.979. The van der Waals surface area contributed by atoms with E-state index in [0.29, 0.717) is 46.8 Å². The van der Waals surface area contributed by atoms with Gasteiger partial charge in [-0.25, -0.2) is 9.97 Å². The number of benzene rings is 1. The van der Waals surface area contributed by atoms with Crippen molar-refractivity contribution in [3.05, 3.63) is 59.7 Å². The van der Waals surface area contributed by atoms with Crippen LogP contribution in [0.4, 0.5) is 5.95 Å². The summed E-state index contributed by atoms with van der Waals surface area (Å²) >= 11 is 0. The van der Waals surface area contributed by atoms with E-state index in [9.17, 15) is 10.3 Å². The molecule has 1 aromatic carbocycles. The van der Waals surface area contributed by atoms with Gasteiger partial charge in [-0.3, -0.25) is 10.2 Å². The van der Waals surface area contributed by atoms with Crippen molar-refractivity contribution >= 4 is 28.6 Å². The molecule has 9 heteroatoms. The number of nitrogens with zero attached hydrogens (tertiary/aromatic N) is 4. The fourth-order valence-corrected chi connectivity index (χ4v) is 3.73. The van der Waals surface area contributed by atoms with Crippen LogP contribution in [0.3, 0.4) is 0 Å². The van der Waals surface area contributed by atoms with Gasteiger partial charge in [0.2, 0.25) is 5.95 Å². The summed E-state index contributed by atoms with van der Waals surface area (Å²) in [5, 5.41) is 21.9. The highest BCUT2D eigenvalue weighted by molar-refractivity contribution is 6.13. The number of aliphatic hydroxyl groups is 1. The number of rotatable bonds is 6. The Bertz CT molecular complexity index is 1190. The molecule has 6 N–H and O–H groups in total. The lowest BCUT2D eigenvalue weighted by Crippen LogP contribution is -2.49. The molecule has 9 nitrogen and oxygen atoms in total. The number of nitrogens with two attached hydrogens (primary N) is 2. The van der Waals surface area contributed by atoms with Crippen LogP contribution >= 0.6 is 0 Å². The van der Waals surface area contributed by atoms with E-state index >= 15 is 0 Å². The predicted octanol–water partition coefficient (Wildman–Crippen LogP) is 1.69. The molecule has 2 heterocycles. The van der Waals surface area contributed by atoms with Crippen molar-refractivity contribution in [3.8, 4) is 5.75 Å². The van der Waals surface area contributed by atoms with Crippen molar-refractivity contribution < 1.29 is 19.8 Å². The van der Waals surface area contributed by atoms with E-state index in [4.69, 9.17) is 16.2 Å². The zero-order valence-electron chi connectivity index (χ0n) is 17.2. The molecule has 2 aromatic heterocycles. The largest absolute Gasteiger partial charge is 0.494 e. The van der Waals surface area contributed by atoms with E-state index in [-0.39, 0.29) is 12.5 Å². The zero-order valence-corrected chi connectivity index (χ0v) is 17.2. The van der Waals surface area contributed by atoms with Crippen LogP contribution in [0.5, 0.6) is 5.75 Å². The number of nitrogen functional groups attached to an aromatic ring is 1. The van der Waals surface area contributed by atoms with E-state index in [1.165, 1.54) is 6.20 Å². The SMILES string of the molecule is COc1cccc2c(C(C=NCc3cccc(C4(O)CCC4)[n+]3O)=CN)nc(N)nc12. The molecule has 0 bridgehead atoms. The number of hydrogen-bond donors (Lipinski definition) is 4. The maximum Gasteiger partial charge on any atom is 0.265 e. The number of aromatic nitrogens is 3. The molecule has 4 rings (SSSR count). The first-order valence-corrected chi connectivity index (χ1v) is 9.95. The van der Waals surface area contributed by atoms with Crippen LogP contribution in [0.15, 0.2) is 47.6 Å². The number of fused-ring (bicyclic) bond motifs is 1. The Morgan fingerprint density at radius 3 is 2.71 bits per heavy atom. The highest BCUT2D eigenvalue weighted by atomic mass is 16.5. The van der Waals surface area contributed by atoms with Crippen molar-refractivity contribution in [1.29, 1.82) is 0 Å². The van der Waals surface area contributed by atoms with Crippen molar-refractivity contribution in [1.82, 2.24) is 9.97 Å². The van der Waals surface area contributed by atoms with Gasteiger partial charge in [0.1, 0.15) is 17.8 Å². The number of anilines is 1. The Morgan fingerprint density at radius 2 is 2.03 bits per heavy atom. The second kappa shape index (κ2) is 8.19. The topological polar surface area (TPSA) is 144 Å². The predicted molar refractivity (Wildman–Crippen MR) is 116 cm³/mol. The number of allylic oxidation sites excluding steroid dienone is 1. The fraction of sp³-hybridized carbons (Fsp3) is 0.273. The van der Waals surface area contributed by atoms with E-state index in [1.807, 2.05) is 12.1 Å². The third-order valence-corrected chi connectivity index (χ3v) is 5.56. The summed E-state index contributed by atoms with van der Waals surface area (Å²) in [4.78, 5) is 13.0. The van der Waals surface area contributed by atoms with Crippen LogP contribution in [0, 0.1) is 0 Å². The van der Waals surface area contributed by atoms with Gasteiger partial charge in [-0.05, 0) is 31.4 Å². The molecular formula is C22H25N6O3+. The van der Waals surface area contributed by atoms with Gasteiger partial charge < -0.3 is 21.3 Å². The molecule has 1 aliphatic carbocycles. The van der Waals surface area contributed by atoms with Crippen molar-refractivity contribution in [2.75, 3.05) is 12.8 Å². The van der Waals surface area contributed by atoms with E-state index in [1.54, 1.807) is 37.6 Å². The first-order chi connectivity index (χ1) is 15.0. The molecule has 3 aromatic rings. The average molecular weight is 421 g/mol. The highest BCUT2D eigenvalue weighted by Crippen LogP contribution is 2.39. The Labute approximate surface area is 179 Å². The molecular weight excluding hydrogens is 396 g/mol. The fourth-order valence-electron chi connectivity index (χ4n) is 3.73. The summed E-state index contributed by atoms with van der Waals surface area (Å²) in [7, 11) is 1.56. The third-order valence-electron chi connectivity index (χ3n) is 5.56. The summed E-state index contributed by atoms with van der Waals surface area (Å²) in [6, 6.07) is 10.8. The molecule has 1 saturated carbocycles. The standard InChI is InChI=1S/C22H25N6O3/c1-31-17-7-3-6-16-19(26-21(24)27-20(16)17)14(11-23)12-25-13-15-5-2-8-18(28(15)30)22(29)9-4-10-22/h2-3,5-8,11-12,29-30H,4,9-10,13,23H2,1H3,(H2,24,26,27)/q+1. The minimum Gasteiger partial charge on any atom is -0.494 e. The maximum atomic E-state index is 10.6. The quantitative estimate of drug-likeness (QED) is 0.269. The van der Waals surface area contributed by atoms with Gasteiger partial charge in [0.25, 0.3) is 11.4 Å². The first-order valence-electron chi connectivity index (χ1n) is 9.95. The van der Waals surface area contributed by atoms with Gasteiger partial charge in [0, 0.05) is 40.2 Å². The van der Waals surface area contributed by atoms with Crippen molar-refractivity contribution in [2.45, 2.75) is 31.4 Å². The molecule has 0 saturated heterocycles. The van der Waals surface area contributed by atoms with Crippen LogP contribution in [0.25, 0.3) is 16.5 Å². The Kier molecular flexibility index (Phi) is 5.43. The van der Waals surface area contributed by atoms with E-state index in [0.717, 1.165) is 16.5 Å². The summed E-state index contributed by atoms with van der Waals surface area (Å²) in [6.07, 6.45) is 5.17. The van der Waals surface area contributed by atoms with E-state index < -0.39 is 5.60 Å². The molecule has 0 radical (unpaired) electrons. The van der Waals surface area contributed by atoms with Crippen LogP contribution in [0.2, 0.25) is 0 Å². The molecule has 0 unspecified atom stereocenters. The normalized spacial score (nSPS) is 15.9. The number of para-hydroxylation sites is 1. The number of methoxy groups -OCH3 is 1. The molecule has 1 aliphatic rings. The molecule has 0 aliphatic heterocycles. The number of hydrogen-bond acceptors (Lipinski definition) is 8. The summed E-state index contributed by atoms with van der Waals surface area (Å²) in [5.74, 6) is 0.669. The summed E-state index contributed by atoms with van der Waals surface area (Å²) < 4.78 is 6.39. The zero-order chi connectivity index (χ0) is 22.0. The van der Waals surface area contributed by atoms with Crippen LogP contribution in [-0.2, 0) is 12.1 Å².